The number of hydrogen-bond acceptors (Lipinski definition) is 2. The summed E-state index contributed by atoms with van der Waals surface area (Å²) in [5, 5.41) is 3.56. The van der Waals surface area contributed by atoms with Gasteiger partial charge in [-0.05, 0) is 22.9 Å². The molecular formula is C18H12N2. The van der Waals surface area contributed by atoms with E-state index in [0.29, 0.717) is 0 Å². The van der Waals surface area contributed by atoms with Gasteiger partial charge in [0.1, 0.15) is 6.33 Å². The normalized spacial score (nSPS) is 11.0. The van der Waals surface area contributed by atoms with E-state index < -0.39 is 0 Å². The van der Waals surface area contributed by atoms with Gasteiger partial charge in [0.2, 0.25) is 0 Å². The maximum atomic E-state index is 4.47. The largest absolute Gasteiger partial charge is 0.236 e. The SMILES string of the molecule is c1ccc2cc(-c3ncnc4ccccc34)ccc2c1. The van der Waals surface area contributed by atoms with E-state index in [0.717, 1.165) is 22.2 Å². The van der Waals surface area contributed by atoms with Crippen LogP contribution in [0.3, 0.4) is 0 Å². The monoisotopic (exact) mass is 256 g/mol. The number of nitrogens with zero attached hydrogens (tertiary/aromatic N) is 2. The molecule has 0 radical (unpaired) electrons. The minimum atomic E-state index is 0.977. The van der Waals surface area contributed by atoms with Crippen molar-refractivity contribution in [2.24, 2.45) is 0 Å². The molecule has 0 atom stereocenters. The van der Waals surface area contributed by atoms with E-state index in [1.165, 1.54) is 10.8 Å². The van der Waals surface area contributed by atoms with Gasteiger partial charge < -0.3 is 0 Å². The van der Waals surface area contributed by atoms with E-state index in [2.05, 4.69) is 58.5 Å². The summed E-state index contributed by atoms with van der Waals surface area (Å²) in [5.74, 6) is 0. The zero-order valence-corrected chi connectivity index (χ0v) is 10.8. The van der Waals surface area contributed by atoms with Crippen molar-refractivity contribution < 1.29 is 0 Å². The van der Waals surface area contributed by atoms with Gasteiger partial charge in [-0.1, -0.05) is 54.6 Å². The number of aromatic nitrogens is 2. The molecule has 0 aliphatic heterocycles. The average molecular weight is 256 g/mol. The second-order valence-corrected chi connectivity index (χ2v) is 4.80. The Balaban J connectivity index is 2.01. The zero-order valence-electron chi connectivity index (χ0n) is 10.8. The van der Waals surface area contributed by atoms with Crippen molar-refractivity contribution in [3.63, 3.8) is 0 Å². The number of hydrogen-bond donors (Lipinski definition) is 0. The highest BCUT2D eigenvalue weighted by Crippen LogP contribution is 2.27. The van der Waals surface area contributed by atoms with Crippen LogP contribution in [0.2, 0.25) is 0 Å². The lowest BCUT2D eigenvalue weighted by molar-refractivity contribution is 1.23. The van der Waals surface area contributed by atoms with Crippen LogP contribution in [-0.2, 0) is 0 Å². The van der Waals surface area contributed by atoms with Gasteiger partial charge in [0.05, 0.1) is 11.2 Å². The van der Waals surface area contributed by atoms with Gasteiger partial charge in [0.15, 0.2) is 0 Å². The van der Waals surface area contributed by atoms with Crippen molar-refractivity contribution in [2.75, 3.05) is 0 Å². The highest BCUT2D eigenvalue weighted by molar-refractivity contribution is 5.95. The average Bonchev–Trinajstić information content (AvgIpc) is 2.54. The molecule has 0 fully saturated rings. The van der Waals surface area contributed by atoms with Crippen LogP contribution in [0.5, 0.6) is 0 Å². The molecule has 0 N–H and O–H groups in total. The maximum absolute atomic E-state index is 4.47. The summed E-state index contributed by atoms with van der Waals surface area (Å²) in [4.78, 5) is 8.79. The predicted molar refractivity (Wildman–Crippen MR) is 82.5 cm³/mol. The number of fused-ring (bicyclic) bond motifs is 2. The van der Waals surface area contributed by atoms with E-state index >= 15 is 0 Å². The Hall–Kier alpha value is -2.74. The fraction of sp³-hybridized carbons (Fsp3) is 0. The zero-order chi connectivity index (χ0) is 13.4. The molecule has 0 aliphatic carbocycles. The molecule has 0 aliphatic rings. The Labute approximate surface area is 116 Å². The molecule has 0 spiro atoms. The third-order valence-corrected chi connectivity index (χ3v) is 3.57. The molecule has 3 aromatic carbocycles. The van der Waals surface area contributed by atoms with Crippen molar-refractivity contribution in [2.45, 2.75) is 0 Å². The van der Waals surface area contributed by atoms with Crippen LogP contribution in [0.1, 0.15) is 0 Å². The fourth-order valence-corrected chi connectivity index (χ4v) is 2.57. The molecule has 94 valence electrons. The topological polar surface area (TPSA) is 25.8 Å². The molecule has 0 unspecified atom stereocenters. The number of rotatable bonds is 1. The minimum absolute atomic E-state index is 0.977. The molecule has 0 bridgehead atoms. The molecule has 4 rings (SSSR count). The van der Waals surface area contributed by atoms with Gasteiger partial charge in [-0.25, -0.2) is 9.97 Å². The van der Waals surface area contributed by atoms with Crippen molar-refractivity contribution >= 4 is 21.7 Å². The van der Waals surface area contributed by atoms with Gasteiger partial charge in [0.25, 0.3) is 0 Å². The van der Waals surface area contributed by atoms with E-state index in [1.807, 2.05) is 18.2 Å². The first kappa shape index (κ1) is 11.1. The van der Waals surface area contributed by atoms with E-state index in [-0.39, 0.29) is 0 Å². The van der Waals surface area contributed by atoms with Gasteiger partial charge in [-0.3, -0.25) is 0 Å². The Kier molecular flexibility index (Phi) is 2.46. The summed E-state index contributed by atoms with van der Waals surface area (Å²) in [6, 6.07) is 22.9. The Morgan fingerprint density at radius 1 is 0.650 bits per heavy atom. The van der Waals surface area contributed by atoms with Crippen molar-refractivity contribution in [1.82, 2.24) is 9.97 Å². The summed E-state index contributed by atoms with van der Waals surface area (Å²) in [7, 11) is 0. The Morgan fingerprint density at radius 2 is 1.45 bits per heavy atom. The van der Waals surface area contributed by atoms with Crippen LogP contribution in [0.15, 0.2) is 73.1 Å². The lowest BCUT2D eigenvalue weighted by atomic mass is 10.0. The van der Waals surface area contributed by atoms with Crippen LogP contribution in [0, 0.1) is 0 Å². The van der Waals surface area contributed by atoms with Gasteiger partial charge >= 0.3 is 0 Å². The molecule has 0 saturated carbocycles. The van der Waals surface area contributed by atoms with Gasteiger partial charge in [0, 0.05) is 10.9 Å². The van der Waals surface area contributed by atoms with Crippen LogP contribution >= 0.6 is 0 Å². The van der Waals surface area contributed by atoms with Crippen molar-refractivity contribution in [3.05, 3.63) is 73.1 Å². The third kappa shape index (κ3) is 1.74. The second-order valence-electron chi connectivity index (χ2n) is 4.80. The first-order valence-corrected chi connectivity index (χ1v) is 6.61. The molecule has 0 amide bonds. The smallest absolute Gasteiger partial charge is 0.116 e. The molecule has 2 nitrogen and oxygen atoms in total. The molecule has 0 saturated heterocycles. The molecular weight excluding hydrogens is 244 g/mol. The standard InChI is InChI=1S/C18H12N2/c1-2-6-14-11-15(10-9-13(14)5-1)18-16-7-3-4-8-17(16)19-12-20-18/h1-12H. The third-order valence-electron chi connectivity index (χ3n) is 3.57. The van der Waals surface area contributed by atoms with Crippen molar-refractivity contribution in [3.8, 4) is 11.3 Å². The quantitative estimate of drug-likeness (QED) is 0.503. The lowest BCUT2D eigenvalue weighted by Gasteiger charge is -2.06. The summed E-state index contributed by atoms with van der Waals surface area (Å²) in [6.45, 7) is 0. The highest BCUT2D eigenvalue weighted by Gasteiger charge is 2.06. The predicted octanol–water partition coefficient (Wildman–Crippen LogP) is 4.45. The number of benzene rings is 3. The molecule has 1 heterocycles. The first-order chi connectivity index (χ1) is 9.92. The Morgan fingerprint density at radius 3 is 2.40 bits per heavy atom. The molecule has 1 aromatic heterocycles. The van der Waals surface area contributed by atoms with E-state index in [1.54, 1.807) is 6.33 Å². The fourth-order valence-electron chi connectivity index (χ4n) is 2.57. The molecule has 2 heteroatoms. The van der Waals surface area contributed by atoms with Crippen LogP contribution in [0.4, 0.5) is 0 Å². The van der Waals surface area contributed by atoms with Crippen LogP contribution < -0.4 is 0 Å². The van der Waals surface area contributed by atoms with E-state index in [4.69, 9.17) is 0 Å². The van der Waals surface area contributed by atoms with Gasteiger partial charge in [-0.2, -0.15) is 0 Å². The Bertz CT molecular complexity index is 908. The summed E-state index contributed by atoms with van der Waals surface area (Å²) in [5.41, 5.74) is 3.09. The maximum Gasteiger partial charge on any atom is 0.116 e. The lowest BCUT2D eigenvalue weighted by Crippen LogP contribution is -1.88. The summed E-state index contributed by atoms with van der Waals surface area (Å²) >= 11 is 0. The highest BCUT2D eigenvalue weighted by atomic mass is 14.8. The van der Waals surface area contributed by atoms with E-state index in [9.17, 15) is 0 Å². The first-order valence-electron chi connectivity index (χ1n) is 6.61. The molecule has 20 heavy (non-hydrogen) atoms. The summed E-state index contributed by atoms with van der Waals surface area (Å²) < 4.78 is 0. The minimum Gasteiger partial charge on any atom is -0.236 e. The summed E-state index contributed by atoms with van der Waals surface area (Å²) in [6.07, 6.45) is 1.63. The second kappa shape index (κ2) is 4.42. The van der Waals surface area contributed by atoms with Crippen LogP contribution in [0.25, 0.3) is 32.9 Å². The number of para-hydroxylation sites is 1. The van der Waals surface area contributed by atoms with Crippen molar-refractivity contribution in [1.29, 1.82) is 0 Å². The van der Waals surface area contributed by atoms with Gasteiger partial charge in [-0.15, -0.1) is 0 Å². The van der Waals surface area contributed by atoms with Crippen LogP contribution in [-0.4, -0.2) is 9.97 Å². The molecule has 4 aromatic rings.